The molecule has 18 heavy (non-hydrogen) atoms. The van der Waals surface area contributed by atoms with Gasteiger partial charge in [0.25, 0.3) is 0 Å². The zero-order valence-electron chi connectivity index (χ0n) is 10.6. The zero-order valence-corrected chi connectivity index (χ0v) is 10.6. The van der Waals surface area contributed by atoms with Crippen molar-refractivity contribution in [3.8, 4) is 0 Å². The molecule has 5 heteroatoms. The lowest BCUT2D eigenvalue weighted by Gasteiger charge is -2.29. The van der Waals surface area contributed by atoms with E-state index < -0.39 is 5.54 Å². The van der Waals surface area contributed by atoms with E-state index in [9.17, 15) is 15.3 Å². The topological polar surface area (TPSA) is 82.0 Å². The largest absolute Gasteiger partial charge is 0.394 e. The molecule has 0 saturated carbocycles. The van der Waals surface area contributed by atoms with Gasteiger partial charge in [-0.25, -0.2) is 0 Å². The van der Waals surface area contributed by atoms with E-state index in [4.69, 9.17) is 4.74 Å². The van der Waals surface area contributed by atoms with Crippen LogP contribution in [0.4, 0.5) is 0 Å². The number of hydrogen-bond acceptors (Lipinski definition) is 5. The summed E-state index contributed by atoms with van der Waals surface area (Å²) in [5.74, 6) is 0. The van der Waals surface area contributed by atoms with Gasteiger partial charge in [-0.05, 0) is 11.1 Å². The SMILES string of the molecule is COCc1ccccc1CNC(CO)(CO)CO. The van der Waals surface area contributed by atoms with Crippen molar-refractivity contribution in [3.63, 3.8) is 0 Å². The number of ether oxygens (including phenoxy) is 1. The minimum absolute atomic E-state index is 0.327. The number of nitrogens with one attached hydrogen (secondary N) is 1. The fraction of sp³-hybridized carbons (Fsp3) is 0.538. The fourth-order valence-corrected chi connectivity index (χ4v) is 1.63. The molecule has 0 heterocycles. The minimum Gasteiger partial charge on any atom is -0.394 e. The van der Waals surface area contributed by atoms with E-state index in [0.29, 0.717) is 13.2 Å². The Morgan fingerprint density at radius 2 is 1.61 bits per heavy atom. The third-order valence-electron chi connectivity index (χ3n) is 2.98. The molecular formula is C13H21NO4. The number of rotatable bonds is 8. The molecule has 5 nitrogen and oxygen atoms in total. The Morgan fingerprint density at radius 1 is 1.06 bits per heavy atom. The molecule has 0 fully saturated rings. The first-order valence-electron chi connectivity index (χ1n) is 5.84. The Kier molecular flexibility index (Phi) is 6.24. The summed E-state index contributed by atoms with van der Waals surface area (Å²) < 4.78 is 5.10. The lowest BCUT2D eigenvalue weighted by molar-refractivity contribution is 0.0412. The number of hydrogen-bond donors (Lipinski definition) is 4. The maximum absolute atomic E-state index is 9.22. The molecule has 0 radical (unpaired) electrons. The number of benzene rings is 1. The Morgan fingerprint density at radius 3 is 2.11 bits per heavy atom. The molecule has 0 bridgehead atoms. The van der Waals surface area contributed by atoms with Gasteiger partial charge in [-0.15, -0.1) is 0 Å². The average molecular weight is 255 g/mol. The van der Waals surface area contributed by atoms with Crippen LogP contribution in [0.25, 0.3) is 0 Å². The second-order valence-corrected chi connectivity index (χ2v) is 4.31. The van der Waals surface area contributed by atoms with Crippen LogP contribution in [-0.4, -0.2) is 47.8 Å². The van der Waals surface area contributed by atoms with Crippen LogP contribution < -0.4 is 5.32 Å². The Labute approximate surface area is 107 Å². The average Bonchev–Trinajstić information content (AvgIpc) is 2.43. The molecular weight excluding hydrogens is 234 g/mol. The van der Waals surface area contributed by atoms with Gasteiger partial charge in [0, 0.05) is 13.7 Å². The molecule has 4 N–H and O–H groups in total. The molecule has 0 spiro atoms. The van der Waals surface area contributed by atoms with Gasteiger partial charge in [0.1, 0.15) is 0 Å². The van der Waals surface area contributed by atoms with Crippen LogP contribution in [0.5, 0.6) is 0 Å². The third kappa shape index (κ3) is 3.76. The number of aliphatic hydroxyl groups excluding tert-OH is 3. The molecule has 0 amide bonds. The summed E-state index contributed by atoms with van der Waals surface area (Å²) in [6, 6.07) is 7.74. The van der Waals surface area contributed by atoms with Crippen molar-refractivity contribution in [2.45, 2.75) is 18.7 Å². The fourth-order valence-electron chi connectivity index (χ4n) is 1.63. The molecule has 0 atom stereocenters. The van der Waals surface area contributed by atoms with Crippen LogP contribution >= 0.6 is 0 Å². The predicted molar refractivity (Wildman–Crippen MR) is 68.0 cm³/mol. The Bertz CT molecular complexity index is 344. The standard InChI is InChI=1S/C13H21NO4/c1-18-7-12-5-3-2-4-11(12)6-14-13(8-15,9-16)10-17/h2-5,14-17H,6-10H2,1H3. The van der Waals surface area contributed by atoms with Gasteiger partial charge in [0.2, 0.25) is 0 Å². The van der Waals surface area contributed by atoms with Crippen LogP contribution in [-0.2, 0) is 17.9 Å². The third-order valence-corrected chi connectivity index (χ3v) is 2.98. The number of methoxy groups -OCH3 is 1. The van der Waals surface area contributed by atoms with Crippen molar-refractivity contribution in [1.82, 2.24) is 5.32 Å². The van der Waals surface area contributed by atoms with Crippen molar-refractivity contribution in [2.24, 2.45) is 0 Å². The molecule has 1 aromatic rings. The normalized spacial score (nSPS) is 11.8. The van der Waals surface area contributed by atoms with Gasteiger partial charge in [-0.1, -0.05) is 24.3 Å². The number of aliphatic hydroxyl groups is 3. The van der Waals surface area contributed by atoms with E-state index in [-0.39, 0.29) is 19.8 Å². The maximum Gasteiger partial charge on any atom is 0.0884 e. The summed E-state index contributed by atoms with van der Waals surface area (Å²) in [4.78, 5) is 0. The van der Waals surface area contributed by atoms with Crippen molar-refractivity contribution >= 4 is 0 Å². The summed E-state index contributed by atoms with van der Waals surface area (Å²) in [6.45, 7) is -0.0330. The zero-order chi connectivity index (χ0) is 13.4. The van der Waals surface area contributed by atoms with Crippen molar-refractivity contribution in [3.05, 3.63) is 35.4 Å². The van der Waals surface area contributed by atoms with E-state index >= 15 is 0 Å². The monoisotopic (exact) mass is 255 g/mol. The van der Waals surface area contributed by atoms with Crippen molar-refractivity contribution in [1.29, 1.82) is 0 Å². The Hall–Kier alpha value is -0.980. The summed E-state index contributed by atoms with van der Waals surface area (Å²) in [5, 5.41) is 30.7. The maximum atomic E-state index is 9.22. The summed E-state index contributed by atoms with van der Waals surface area (Å²) in [7, 11) is 1.63. The summed E-state index contributed by atoms with van der Waals surface area (Å²) in [5.41, 5.74) is 0.995. The molecule has 0 aliphatic heterocycles. The smallest absolute Gasteiger partial charge is 0.0884 e. The van der Waals surface area contributed by atoms with Crippen LogP contribution in [0.15, 0.2) is 24.3 Å². The lowest BCUT2D eigenvalue weighted by atomic mass is 10.0. The van der Waals surface area contributed by atoms with E-state index in [1.165, 1.54) is 0 Å². The molecule has 1 rings (SSSR count). The van der Waals surface area contributed by atoms with Gasteiger partial charge in [-0.2, -0.15) is 0 Å². The van der Waals surface area contributed by atoms with Crippen molar-refractivity contribution in [2.75, 3.05) is 26.9 Å². The van der Waals surface area contributed by atoms with E-state index in [1.807, 2.05) is 24.3 Å². The minimum atomic E-state index is -1.06. The van der Waals surface area contributed by atoms with Crippen LogP contribution in [0.2, 0.25) is 0 Å². The summed E-state index contributed by atoms with van der Waals surface area (Å²) >= 11 is 0. The van der Waals surface area contributed by atoms with E-state index in [0.717, 1.165) is 11.1 Å². The molecule has 1 aromatic carbocycles. The van der Waals surface area contributed by atoms with E-state index in [2.05, 4.69) is 5.32 Å². The second-order valence-electron chi connectivity index (χ2n) is 4.31. The van der Waals surface area contributed by atoms with Crippen molar-refractivity contribution < 1.29 is 20.1 Å². The van der Waals surface area contributed by atoms with Crippen LogP contribution in [0, 0.1) is 0 Å². The molecule has 102 valence electrons. The summed E-state index contributed by atoms with van der Waals surface area (Å²) in [6.07, 6.45) is 0. The van der Waals surface area contributed by atoms with Gasteiger partial charge in [-0.3, -0.25) is 0 Å². The highest BCUT2D eigenvalue weighted by molar-refractivity contribution is 5.26. The van der Waals surface area contributed by atoms with Gasteiger partial charge in [0.15, 0.2) is 0 Å². The first-order chi connectivity index (χ1) is 8.71. The van der Waals surface area contributed by atoms with Gasteiger partial charge >= 0.3 is 0 Å². The second kappa shape index (κ2) is 7.45. The Balaban J connectivity index is 2.72. The predicted octanol–water partition coefficient (Wildman–Crippen LogP) is -0.362. The quantitative estimate of drug-likeness (QED) is 0.510. The highest BCUT2D eigenvalue weighted by Crippen LogP contribution is 2.12. The lowest BCUT2D eigenvalue weighted by Crippen LogP contribution is -2.54. The molecule has 0 unspecified atom stereocenters. The highest BCUT2D eigenvalue weighted by Gasteiger charge is 2.27. The van der Waals surface area contributed by atoms with Crippen LogP contribution in [0.1, 0.15) is 11.1 Å². The molecule has 0 aliphatic carbocycles. The molecule has 0 aromatic heterocycles. The molecule has 0 aliphatic rings. The first-order valence-corrected chi connectivity index (χ1v) is 5.84. The first kappa shape index (κ1) is 15.1. The van der Waals surface area contributed by atoms with Gasteiger partial charge < -0.3 is 25.4 Å². The van der Waals surface area contributed by atoms with Gasteiger partial charge in [0.05, 0.1) is 32.0 Å². The molecule has 0 saturated heterocycles. The van der Waals surface area contributed by atoms with E-state index in [1.54, 1.807) is 7.11 Å². The highest BCUT2D eigenvalue weighted by atomic mass is 16.5. The van der Waals surface area contributed by atoms with Crippen LogP contribution in [0.3, 0.4) is 0 Å².